The molecular formula is C30H50BF2N4O6+. The number of hydrazone groups is 1. The maximum Gasteiger partial charge on any atom is 0.488 e. The van der Waals surface area contributed by atoms with E-state index in [1.54, 1.807) is 0 Å². The molecule has 43 heavy (non-hydrogen) atoms. The van der Waals surface area contributed by atoms with Gasteiger partial charge in [0.25, 0.3) is 5.91 Å². The van der Waals surface area contributed by atoms with Crippen molar-refractivity contribution >= 4 is 37.1 Å². The highest BCUT2D eigenvalue weighted by Gasteiger charge is 2.22. The number of amides is 2. The van der Waals surface area contributed by atoms with E-state index < -0.39 is 42.2 Å². The molecule has 242 valence electrons. The van der Waals surface area contributed by atoms with Crippen LogP contribution in [0.5, 0.6) is 0 Å². The SMILES string of the molecule is C=[NH+]N[C@@H](CCCCNC(=O)CCCCCCCCCCCCCCCNC(=O)c1c(F)cc(B(O)O)cc1F)C(=O)O. The summed E-state index contributed by atoms with van der Waals surface area (Å²) in [5, 5.41) is 34.9. The van der Waals surface area contributed by atoms with Crippen LogP contribution in [0.1, 0.15) is 120 Å². The van der Waals surface area contributed by atoms with Crippen molar-refractivity contribution in [2.24, 2.45) is 0 Å². The zero-order chi connectivity index (χ0) is 31.9. The van der Waals surface area contributed by atoms with E-state index >= 15 is 0 Å². The number of hydrazine groups is 1. The van der Waals surface area contributed by atoms with Gasteiger partial charge in [-0.15, -0.1) is 5.10 Å². The molecule has 0 radical (unpaired) electrons. The molecule has 2 amide bonds. The number of unbranched alkanes of at least 4 members (excludes halogenated alkanes) is 13. The number of nitrogens with one attached hydrogen (secondary N) is 4. The van der Waals surface area contributed by atoms with E-state index in [2.05, 4.69) is 27.9 Å². The van der Waals surface area contributed by atoms with Crippen LogP contribution in [-0.2, 0) is 9.59 Å². The molecule has 0 unspecified atom stereocenters. The lowest BCUT2D eigenvalue weighted by molar-refractivity contribution is -0.522. The molecule has 0 saturated carbocycles. The molecule has 0 aliphatic rings. The molecule has 0 aliphatic carbocycles. The average molecular weight is 612 g/mol. The number of carboxylic acids is 1. The van der Waals surface area contributed by atoms with Crippen molar-refractivity contribution in [3.8, 4) is 0 Å². The fraction of sp³-hybridized carbons (Fsp3) is 0.667. The summed E-state index contributed by atoms with van der Waals surface area (Å²) in [6.45, 7) is 4.23. The molecule has 0 fully saturated rings. The Morgan fingerprint density at radius 1 is 0.767 bits per heavy atom. The minimum Gasteiger partial charge on any atom is -0.480 e. The number of rotatable bonds is 26. The normalized spacial score (nSPS) is 11.5. The van der Waals surface area contributed by atoms with Gasteiger partial charge in [0, 0.05) is 19.5 Å². The van der Waals surface area contributed by atoms with Crippen LogP contribution in [0.2, 0.25) is 0 Å². The van der Waals surface area contributed by atoms with E-state index in [1.165, 1.54) is 32.1 Å². The summed E-state index contributed by atoms with van der Waals surface area (Å²) < 4.78 is 28.0. The summed E-state index contributed by atoms with van der Waals surface area (Å²) >= 11 is 0. The minimum atomic E-state index is -2.01. The summed E-state index contributed by atoms with van der Waals surface area (Å²) in [6.07, 6.45) is 16.4. The number of carboxylic acid groups (broad SMARTS) is 1. The number of benzene rings is 1. The predicted molar refractivity (Wildman–Crippen MR) is 163 cm³/mol. The van der Waals surface area contributed by atoms with Crippen LogP contribution >= 0.6 is 0 Å². The van der Waals surface area contributed by atoms with E-state index in [-0.39, 0.29) is 11.4 Å². The third-order valence-corrected chi connectivity index (χ3v) is 7.27. The number of hydrogen-bond donors (Lipinski definition) is 7. The van der Waals surface area contributed by atoms with Gasteiger partial charge in [0.1, 0.15) is 17.2 Å². The van der Waals surface area contributed by atoms with Crippen molar-refractivity contribution < 1.29 is 43.4 Å². The summed E-state index contributed by atoms with van der Waals surface area (Å²) in [6, 6.07) is 0.792. The van der Waals surface area contributed by atoms with Crippen LogP contribution in [0, 0.1) is 11.6 Å². The van der Waals surface area contributed by atoms with E-state index in [4.69, 9.17) is 15.2 Å². The highest BCUT2D eigenvalue weighted by atomic mass is 19.1. The standard InChI is InChI=1S/C30H49BF2N4O6/c1-34-37-26(30(40)41)17-14-16-19-35-27(38)18-13-11-9-7-5-3-2-4-6-8-10-12-15-20-36-29(39)28-24(32)21-23(31(42)43)22-25(28)33/h21-22,26,37,42-43H,1-20H2,(H,35,38)(H,36,39)(H,40,41)/p+1/t26-/m0/s1. The van der Waals surface area contributed by atoms with Gasteiger partial charge in [0.15, 0.2) is 12.8 Å². The third-order valence-electron chi connectivity index (χ3n) is 7.27. The second-order valence-corrected chi connectivity index (χ2v) is 10.9. The van der Waals surface area contributed by atoms with Crippen LogP contribution in [0.25, 0.3) is 0 Å². The van der Waals surface area contributed by atoms with Crippen molar-refractivity contribution in [2.75, 3.05) is 13.1 Å². The second kappa shape index (κ2) is 23.4. The van der Waals surface area contributed by atoms with Crippen LogP contribution in [0.3, 0.4) is 0 Å². The molecule has 0 aromatic heterocycles. The van der Waals surface area contributed by atoms with Gasteiger partial charge < -0.3 is 25.8 Å². The highest BCUT2D eigenvalue weighted by Crippen LogP contribution is 2.14. The van der Waals surface area contributed by atoms with E-state index in [9.17, 15) is 23.2 Å². The molecule has 1 aromatic rings. The fourth-order valence-electron chi connectivity index (χ4n) is 4.77. The minimum absolute atomic E-state index is 0.0511. The summed E-state index contributed by atoms with van der Waals surface area (Å²) in [5.41, 5.74) is 1.51. The monoisotopic (exact) mass is 611 g/mol. The number of carbonyl (C=O) groups is 3. The molecule has 1 rings (SSSR count). The Labute approximate surface area is 254 Å². The van der Waals surface area contributed by atoms with Crippen molar-refractivity contribution in [3.63, 3.8) is 0 Å². The van der Waals surface area contributed by atoms with E-state index in [0.29, 0.717) is 38.8 Å². The Bertz CT molecular complexity index is 963. The zero-order valence-corrected chi connectivity index (χ0v) is 25.3. The van der Waals surface area contributed by atoms with Crippen LogP contribution in [0.4, 0.5) is 8.78 Å². The first-order chi connectivity index (χ1) is 20.7. The Morgan fingerprint density at radius 3 is 1.72 bits per heavy atom. The fourth-order valence-corrected chi connectivity index (χ4v) is 4.77. The molecular weight excluding hydrogens is 561 g/mol. The van der Waals surface area contributed by atoms with E-state index in [0.717, 1.165) is 63.5 Å². The summed E-state index contributed by atoms with van der Waals surface area (Å²) in [5.74, 6) is -3.99. The van der Waals surface area contributed by atoms with Gasteiger partial charge in [0.2, 0.25) is 5.91 Å². The van der Waals surface area contributed by atoms with Gasteiger partial charge in [-0.2, -0.15) is 5.43 Å². The topological polar surface area (TPSA) is 162 Å². The lowest BCUT2D eigenvalue weighted by atomic mass is 9.79. The number of carbonyl (C=O) groups excluding carboxylic acids is 2. The van der Waals surface area contributed by atoms with Gasteiger partial charge in [-0.1, -0.05) is 70.6 Å². The van der Waals surface area contributed by atoms with Gasteiger partial charge in [0.05, 0.1) is 0 Å². The molecule has 1 aromatic carbocycles. The highest BCUT2D eigenvalue weighted by molar-refractivity contribution is 6.58. The smallest absolute Gasteiger partial charge is 0.480 e. The van der Waals surface area contributed by atoms with Crippen LogP contribution < -0.4 is 26.6 Å². The van der Waals surface area contributed by atoms with Gasteiger partial charge in [-0.3, -0.25) is 9.59 Å². The van der Waals surface area contributed by atoms with Crippen molar-refractivity contribution in [1.29, 1.82) is 0 Å². The molecule has 0 saturated heterocycles. The number of halogens is 2. The Morgan fingerprint density at radius 2 is 1.23 bits per heavy atom. The lowest BCUT2D eigenvalue weighted by Gasteiger charge is -2.09. The molecule has 13 heteroatoms. The first-order valence-corrected chi connectivity index (χ1v) is 15.6. The Kier molecular flexibility index (Phi) is 20.7. The summed E-state index contributed by atoms with van der Waals surface area (Å²) in [4.78, 5) is 35.0. The van der Waals surface area contributed by atoms with Gasteiger partial charge in [-0.25, -0.2) is 13.6 Å². The van der Waals surface area contributed by atoms with Gasteiger partial charge >= 0.3 is 13.1 Å². The Balaban J connectivity index is 1.90. The largest absolute Gasteiger partial charge is 0.488 e. The van der Waals surface area contributed by atoms with Crippen molar-refractivity contribution in [3.05, 3.63) is 29.3 Å². The zero-order valence-electron chi connectivity index (χ0n) is 25.3. The quantitative estimate of drug-likeness (QED) is 0.0364. The van der Waals surface area contributed by atoms with Crippen molar-refractivity contribution in [1.82, 2.24) is 16.1 Å². The average Bonchev–Trinajstić information content (AvgIpc) is 2.95. The summed E-state index contributed by atoms with van der Waals surface area (Å²) in [7, 11) is -2.01. The lowest BCUT2D eigenvalue weighted by Crippen LogP contribution is -2.81. The first kappa shape index (κ1) is 38.0. The second-order valence-electron chi connectivity index (χ2n) is 10.9. The molecule has 0 bridgehead atoms. The molecule has 0 aliphatic heterocycles. The molecule has 1 atom stereocenters. The number of aliphatic carboxylic acids is 1. The maximum absolute atomic E-state index is 14.0. The predicted octanol–water partition coefficient (Wildman–Crippen LogP) is 1.86. The molecule has 0 spiro atoms. The third kappa shape index (κ3) is 17.6. The van der Waals surface area contributed by atoms with Crippen LogP contribution in [0.15, 0.2) is 12.1 Å². The van der Waals surface area contributed by atoms with Crippen LogP contribution in [-0.4, -0.2) is 65.9 Å². The number of hydrogen-bond acceptors (Lipinski definition) is 6. The maximum atomic E-state index is 14.0. The first-order valence-electron chi connectivity index (χ1n) is 15.6. The van der Waals surface area contributed by atoms with Gasteiger partial charge in [-0.05, 0) is 49.7 Å². The van der Waals surface area contributed by atoms with Crippen molar-refractivity contribution in [2.45, 2.75) is 115 Å². The molecule has 10 nitrogen and oxygen atoms in total. The molecule has 0 heterocycles. The molecule has 7 N–H and O–H groups in total. The Hall–Kier alpha value is -3.06. The van der Waals surface area contributed by atoms with E-state index in [1.807, 2.05) is 0 Å².